The number of likely N-dealkylation sites (tertiary alicyclic amines) is 1. The molecule has 1 saturated heterocycles. The number of carbonyl (C=O) groups excluding carboxylic acids is 2. The van der Waals surface area contributed by atoms with Crippen molar-refractivity contribution in [3.05, 3.63) is 29.8 Å². The number of hydrogen-bond acceptors (Lipinski definition) is 5. The highest BCUT2D eigenvalue weighted by atomic mass is 28.4. The number of pyridine rings is 1. The maximum Gasteiger partial charge on any atom is 0.417 e. The summed E-state index contributed by atoms with van der Waals surface area (Å²) >= 11 is 0. The van der Waals surface area contributed by atoms with E-state index in [0.717, 1.165) is 11.1 Å². The van der Waals surface area contributed by atoms with Crippen LogP contribution in [-0.2, 0) is 14.0 Å². The highest BCUT2D eigenvalue weighted by Crippen LogP contribution is 2.47. The van der Waals surface area contributed by atoms with Crippen molar-refractivity contribution in [1.29, 1.82) is 0 Å². The van der Waals surface area contributed by atoms with Gasteiger partial charge in [-0.05, 0) is 49.5 Å². The minimum Gasteiger partial charge on any atom is -0.443 e. The van der Waals surface area contributed by atoms with Gasteiger partial charge < -0.3 is 9.16 Å². The van der Waals surface area contributed by atoms with Gasteiger partial charge in [-0.25, -0.2) is 14.1 Å². The van der Waals surface area contributed by atoms with Crippen molar-refractivity contribution in [2.24, 2.45) is 0 Å². The molecule has 2 unspecified atom stereocenters. The van der Waals surface area contributed by atoms with Gasteiger partial charge in [-0.15, -0.1) is 0 Å². The van der Waals surface area contributed by atoms with Crippen LogP contribution in [0.2, 0.25) is 16.6 Å². The molecule has 168 valence electrons. The van der Waals surface area contributed by atoms with Crippen LogP contribution < -0.4 is 0 Å². The van der Waals surface area contributed by atoms with Crippen LogP contribution in [0.1, 0.15) is 74.0 Å². The molecule has 1 aromatic rings. The molecule has 0 N–H and O–H groups in total. The molecular formula is C22H35FN2O4Si. The quantitative estimate of drug-likeness (QED) is 0.427. The standard InChI is InChI=1S/C22H35FN2O4Si/c1-13(2)30(14(3)4,15(5)6)29-19-18(17-11-10-16(23)12-24-17)25(20(19)26)21(27)28-22(7,8)9/h10-15,18-19H,1-9H3. The van der Waals surface area contributed by atoms with Gasteiger partial charge in [0.05, 0.1) is 11.9 Å². The van der Waals surface area contributed by atoms with Crippen LogP contribution in [0.15, 0.2) is 18.3 Å². The van der Waals surface area contributed by atoms with Crippen molar-refractivity contribution in [3.8, 4) is 0 Å². The van der Waals surface area contributed by atoms with Crippen LogP contribution >= 0.6 is 0 Å². The van der Waals surface area contributed by atoms with Gasteiger partial charge in [-0.1, -0.05) is 41.5 Å². The van der Waals surface area contributed by atoms with Crippen molar-refractivity contribution in [1.82, 2.24) is 9.88 Å². The maximum atomic E-state index is 13.5. The van der Waals surface area contributed by atoms with E-state index >= 15 is 0 Å². The smallest absolute Gasteiger partial charge is 0.417 e. The normalized spacial score (nSPS) is 20.2. The van der Waals surface area contributed by atoms with Gasteiger partial charge in [0.25, 0.3) is 5.91 Å². The highest BCUT2D eigenvalue weighted by Gasteiger charge is 2.59. The Balaban J connectivity index is 2.46. The third kappa shape index (κ3) is 4.59. The SMILES string of the molecule is CC(C)[Si](OC1C(=O)N(C(=O)OC(C)(C)C)C1c1ccc(F)cn1)(C(C)C)C(C)C. The van der Waals surface area contributed by atoms with Crippen molar-refractivity contribution in [2.75, 3.05) is 0 Å². The first-order chi connectivity index (χ1) is 13.7. The Kier molecular flexibility index (Phi) is 7.13. The fourth-order valence-electron chi connectivity index (χ4n) is 4.57. The minimum atomic E-state index is -2.40. The minimum absolute atomic E-state index is 0.266. The number of amides is 2. The first-order valence-corrected chi connectivity index (χ1v) is 12.7. The molecule has 0 bridgehead atoms. The molecule has 1 aromatic heterocycles. The van der Waals surface area contributed by atoms with Crippen LogP contribution in [0.4, 0.5) is 9.18 Å². The van der Waals surface area contributed by atoms with Gasteiger partial charge in [0.1, 0.15) is 17.5 Å². The van der Waals surface area contributed by atoms with E-state index in [0.29, 0.717) is 5.69 Å². The molecule has 0 radical (unpaired) electrons. The lowest BCUT2D eigenvalue weighted by Gasteiger charge is -2.51. The van der Waals surface area contributed by atoms with Gasteiger partial charge in [0.2, 0.25) is 8.32 Å². The first kappa shape index (κ1) is 24.5. The number of carbonyl (C=O) groups is 2. The molecule has 6 nitrogen and oxygen atoms in total. The van der Waals surface area contributed by atoms with Crippen LogP contribution in [-0.4, -0.2) is 41.9 Å². The van der Waals surface area contributed by atoms with Crippen LogP contribution in [0.5, 0.6) is 0 Å². The van der Waals surface area contributed by atoms with E-state index in [9.17, 15) is 14.0 Å². The average Bonchev–Trinajstić information content (AvgIpc) is 2.58. The summed E-state index contributed by atoms with van der Waals surface area (Å²) < 4.78 is 25.6. The number of nitrogens with zero attached hydrogens (tertiary/aromatic N) is 2. The van der Waals surface area contributed by atoms with Crippen molar-refractivity contribution in [3.63, 3.8) is 0 Å². The number of ether oxygens (including phenoxy) is 1. The lowest BCUT2D eigenvalue weighted by atomic mass is 9.95. The van der Waals surface area contributed by atoms with E-state index in [1.807, 2.05) is 0 Å². The monoisotopic (exact) mass is 438 g/mol. The number of imide groups is 1. The van der Waals surface area contributed by atoms with E-state index in [1.165, 1.54) is 12.1 Å². The van der Waals surface area contributed by atoms with E-state index in [4.69, 9.17) is 9.16 Å². The number of β-lactam (4-membered cyclic amide) rings is 1. The summed E-state index contributed by atoms with van der Waals surface area (Å²) in [6.07, 6.45) is -0.496. The molecule has 1 aliphatic heterocycles. The summed E-state index contributed by atoms with van der Waals surface area (Å²) in [7, 11) is -2.40. The average molecular weight is 439 g/mol. The van der Waals surface area contributed by atoms with Crippen LogP contribution in [0.3, 0.4) is 0 Å². The topological polar surface area (TPSA) is 68.7 Å². The third-order valence-corrected chi connectivity index (χ3v) is 11.8. The van der Waals surface area contributed by atoms with Gasteiger partial charge in [0.15, 0.2) is 6.10 Å². The summed E-state index contributed by atoms with van der Waals surface area (Å²) in [4.78, 5) is 31.0. The Morgan fingerprint density at radius 2 is 1.63 bits per heavy atom. The molecule has 1 fully saturated rings. The summed E-state index contributed by atoms with van der Waals surface area (Å²) in [5.41, 5.74) is 0.454. The zero-order valence-corrected chi connectivity index (χ0v) is 20.5. The predicted molar refractivity (Wildman–Crippen MR) is 116 cm³/mol. The Labute approximate surface area is 180 Å². The molecule has 8 heteroatoms. The molecule has 0 saturated carbocycles. The molecule has 2 amide bonds. The van der Waals surface area contributed by atoms with Crippen molar-refractivity contribution in [2.45, 2.75) is 96.7 Å². The second kappa shape index (κ2) is 8.75. The molecule has 1 aliphatic rings. The molecule has 2 heterocycles. The van der Waals surface area contributed by atoms with E-state index in [1.54, 1.807) is 20.8 Å². The second-order valence-electron chi connectivity index (χ2n) is 9.89. The Bertz CT molecular complexity index is 753. The number of halogens is 1. The number of rotatable bonds is 6. The van der Waals surface area contributed by atoms with Crippen LogP contribution in [0.25, 0.3) is 0 Å². The summed E-state index contributed by atoms with van der Waals surface area (Å²) in [6, 6.07) is 2.02. The Morgan fingerprint density at radius 3 is 2.03 bits per heavy atom. The molecule has 30 heavy (non-hydrogen) atoms. The van der Waals surface area contributed by atoms with Gasteiger partial charge in [0, 0.05) is 0 Å². The van der Waals surface area contributed by atoms with E-state index in [2.05, 4.69) is 46.5 Å². The second-order valence-corrected chi connectivity index (χ2v) is 15.3. The molecule has 2 atom stereocenters. The molecule has 2 rings (SSSR count). The number of hydrogen-bond donors (Lipinski definition) is 0. The number of aromatic nitrogens is 1. The molecule has 0 aliphatic carbocycles. The maximum absolute atomic E-state index is 13.5. The lowest BCUT2D eigenvalue weighted by molar-refractivity contribution is -0.163. The molecule has 0 aromatic carbocycles. The van der Waals surface area contributed by atoms with Gasteiger partial charge in [-0.3, -0.25) is 9.78 Å². The lowest BCUT2D eigenvalue weighted by Crippen LogP contribution is -2.66. The van der Waals surface area contributed by atoms with E-state index < -0.39 is 43.9 Å². The molecular weight excluding hydrogens is 403 g/mol. The predicted octanol–water partition coefficient (Wildman–Crippen LogP) is 5.60. The first-order valence-electron chi connectivity index (χ1n) is 10.6. The fourth-order valence-corrected chi connectivity index (χ4v) is 10.1. The van der Waals surface area contributed by atoms with Crippen LogP contribution in [0, 0.1) is 5.82 Å². The fraction of sp³-hybridized carbons (Fsp3) is 0.682. The third-order valence-electron chi connectivity index (χ3n) is 5.73. The zero-order chi connectivity index (χ0) is 23.0. The summed E-state index contributed by atoms with van der Waals surface area (Å²) in [6.45, 7) is 18.0. The Morgan fingerprint density at radius 1 is 1.10 bits per heavy atom. The summed E-state index contributed by atoms with van der Waals surface area (Å²) in [5, 5.41) is 0. The molecule has 0 spiro atoms. The van der Waals surface area contributed by atoms with Gasteiger partial charge in [-0.2, -0.15) is 0 Å². The summed E-state index contributed by atoms with van der Waals surface area (Å²) in [5.74, 6) is -0.917. The largest absolute Gasteiger partial charge is 0.443 e. The Hall–Kier alpha value is -1.80. The highest BCUT2D eigenvalue weighted by molar-refractivity contribution is 6.77. The zero-order valence-electron chi connectivity index (χ0n) is 19.5. The van der Waals surface area contributed by atoms with Crippen molar-refractivity contribution < 1.29 is 23.1 Å². The van der Waals surface area contributed by atoms with Crippen molar-refractivity contribution >= 4 is 20.3 Å². The van der Waals surface area contributed by atoms with E-state index in [-0.39, 0.29) is 16.6 Å². The van der Waals surface area contributed by atoms with Gasteiger partial charge >= 0.3 is 6.09 Å².